The van der Waals surface area contributed by atoms with E-state index in [0.717, 1.165) is 11.3 Å². The second kappa shape index (κ2) is 5.23. The van der Waals surface area contributed by atoms with E-state index >= 15 is 0 Å². The molecule has 0 aliphatic rings. The van der Waals surface area contributed by atoms with Gasteiger partial charge in [-0.25, -0.2) is 9.78 Å². The fourth-order valence-electron chi connectivity index (χ4n) is 0.953. The maximum absolute atomic E-state index is 11.7. The predicted octanol–water partition coefficient (Wildman–Crippen LogP) is 0.827. The lowest BCUT2D eigenvalue weighted by Crippen LogP contribution is -2.27. The Hall–Kier alpha value is -1.94. The highest BCUT2D eigenvalue weighted by Crippen LogP contribution is 2.11. The molecule has 1 rings (SSSR count). The van der Waals surface area contributed by atoms with Crippen molar-refractivity contribution in [3.05, 3.63) is 16.1 Å². The van der Waals surface area contributed by atoms with Crippen LogP contribution < -0.4 is 0 Å². The van der Waals surface area contributed by atoms with Crippen LogP contribution in [0.3, 0.4) is 0 Å². The minimum atomic E-state index is -1.16. The number of aromatic nitrogens is 1. The standard InChI is InChI=1S/C9H9N3O3S/c1-12(4-2-3-10)8(13)7-11-6(5-16-7)9(14)15/h5H,2,4H2,1H3,(H,14,15). The average molecular weight is 239 g/mol. The zero-order chi connectivity index (χ0) is 12.1. The maximum Gasteiger partial charge on any atom is 0.355 e. The topological polar surface area (TPSA) is 94.3 Å². The molecular formula is C9H9N3O3S. The van der Waals surface area contributed by atoms with Gasteiger partial charge in [0.2, 0.25) is 0 Å². The van der Waals surface area contributed by atoms with Crippen LogP contribution in [0.1, 0.15) is 26.7 Å². The van der Waals surface area contributed by atoms with E-state index in [1.165, 1.54) is 10.3 Å². The number of hydrogen-bond donors (Lipinski definition) is 1. The molecule has 0 aliphatic heterocycles. The van der Waals surface area contributed by atoms with Crippen LogP contribution in [-0.4, -0.2) is 40.5 Å². The minimum Gasteiger partial charge on any atom is -0.476 e. The monoisotopic (exact) mass is 239 g/mol. The van der Waals surface area contributed by atoms with Crippen molar-refractivity contribution in [3.8, 4) is 6.07 Å². The molecular weight excluding hydrogens is 230 g/mol. The molecule has 0 bridgehead atoms. The summed E-state index contributed by atoms with van der Waals surface area (Å²) in [4.78, 5) is 27.2. The van der Waals surface area contributed by atoms with Gasteiger partial charge < -0.3 is 10.0 Å². The van der Waals surface area contributed by atoms with Gasteiger partial charge in [0.25, 0.3) is 5.91 Å². The first-order valence-corrected chi connectivity index (χ1v) is 5.25. The van der Waals surface area contributed by atoms with Crippen molar-refractivity contribution in [1.82, 2.24) is 9.88 Å². The summed E-state index contributed by atoms with van der Waals surface area (Å²) in [5.74, 6) is -1.53. The maximum atomic E-state index is 11.7. The van der Waals surface area contributed by atoms with Crippen LogP contribution in [0, 0.1) is 11.3 Å². The van der Waals surface area contributed by atoms with Gasteiger partial charge in [0.15, 0.2) is 10.7 Å². The molecule has 84 valence electrons. The first-order chi connectivity index (χ1) is 7.56. The number of carbonyl (C=O) groups excluding carboxylic acids is 1. The van der Waals surface area contributed by atoms with Crippen LogP contribution in [0.4, 0.5) is 0 Å². The Kier molecular flexibility index (Phi) is 3.96. The first kappa shape index (κ1) is 12.1. The van der Waals surface area contributed by atoms with Crippen LogP contribution in [0.2, 0.25) is 0 Å². The van der Waals surface area contributed by atoms with E-state index in [9.17, 15) is 9.59 Å². The average Bonchev–Trinajstić information content (AvgIpc) is 2.74. The molecule has 0 aromatic carbocycles. The molecule has 1 heterocycles. The normalized spacial score (nSPS) is 9.50. The molecule has 16 heavy (non-hydrogen) atoms. The fraction of sp³-hybridized carbons (Fsp3) is 0.333. The molecule has 0 spiro atoms. The smallest absolute Gasteiger partial charge is 0.355 e. The van der Waals surface area contributed by atoms with Crippen molar-refractivity contribution < 1.29 is 14.7 Å². The van der Waals surface area contributed by atoms with Crippen LogP contribution in [0.25, 0.3) is 0 Å². The summed E-state index contributed by atoms with van der Waals surface area (Å²) in [7, 11) is 1.54. The van der Waals surface area contributed by atoms with E-state index in [4.69, 9.17) is 10.4 Å². The number of nitriles is 1. The number of thiazole rings is 1. The minimum absolute atomic E-state index is 0.123. The number of aromatic carboxylic acids is 1. The third kappa shape index (κ3) is 2.77. The Morgan fingerprint density at radius 1 is 1.69 bits per heavy atom. The number of amides is 1. The van der Waals surface area contributed by atoms with Crippen LogP contribution >= 0.6 is 11.3 Å². The van der Waals surface area contributed by atoms with Gasteiger partial charge in [0.05, 0.1) is 12.5 Å². The number of carboxylic acids is 1. The van der Waals surface area contributed by atoms with Crippen LogP contribution in [-0.2, 0) is 0 Å². The first-order valence-electron chi connectivity index (χ1n) is 4.37. The van der Waals surface area contributed by atoms with E-state index in [0.29, 0.717) is 6.54 Å². The van der Waals surface area contributed by atoms with E-state index < -0.39 is 5.97 Å². The van der Waals surface area contributed by atoms with Crippen molar-refractivity contribution in [3.63, 3.8) is 0 Å². The molecule has 0 radical (unpaired) electrons. The Morgan fingerprint density at radius 3 is 2.88 bits per heavy atom. The van der Waals surface area contributed by atoms with Gasteiger partial charge >= 0.3 is 5.97 Å². The van der Waals surface area contributed by atoms with Gasteiger partial charge in [-0.3, -0.25) is 4.79 Å². The lowest BCUT2D eigenvalue weighted by atomic mass is 10.4. The van der Waals surface area contributed by atoms with E-state index in [1.807, 2.05) is 6.07 Å². The molecule has 1 N–H and O–H groups in total. The molecule has 1 aromatic rings. The van der Waals surface area contributed by atoms with Crippen LogP contribution in [0.15, 0.2) is 5.38 Å². The summed E-state index contributed by atoms with van der Waals surface area (Å²) < 4.78 is 0. The lowest BCUT2D eigenvalue weighted by molar-refractivity contribution is 0.0691. The third-order valence-electron chi connectivity index (χ3n) is 1.81. The van der Waals surface area contributed by atoms with Crippen molar-refractivity contribution in [2.45, 2.75) is 6.42 Å². The van der Waals surface area contributed by atoms with Crippen molar-refractivity contribution >= 4 is 23.2 Å². The van der Waals surface area contributed by atoms with E-state index in [2.05, 4.69) is 4.98 Å². The summed E-state index contributed by atoms with van der Waals surface area (Å²) >= 11 is 0.982. The molecule has 0 saturated heterocycles. The highest BCUT2D eigenvalue weighted by molar-refractivity contribution is 7.11. The Bertz CT molecular complexity index is 449. The van der Waals surface area contributed by atoms with Crippen molar-refractivity contribution in [2.75, 3.05) is 13.6 Å². The van der Waals surface area contributed by atoms with Crippen molar-refractivity contribution in [1.29, 1.82) is 5.26 Å². The SMILES string of the molecule is CN(CCC#N)C(=O)c1nc(C(=O)O)cs1. The van der Waals surface area contributed by atoms with E-state index in [-0.39, 0.29) is 23.0 Å². The Balaban J connectivity index is 2.73. The number of hydrogen-bond acceptors (Lipinski definition) is 5. The number of nitrogens with zero attached hydrogens (tertiary/aromatic N) is 3. The van der Waals surface area contributed by atoms with Crippen LogP contribution in [0.5, 0.6) is 0 Å². The number of carboxylic acid groups (broad SMARTS) is 1. The summed E-state index contributed by atoms with van der Waals surface area (Å²) in [5, 5.41) is 18.4. The zero-order valence-electron chi connectivity index (χ0n) is 8.51. The molecule has 0 saturated carbocycles. The molecule has 0 atom stereocenters. The summed E-state index contributed by atoms with van der Waals surface area (Å²) in [6, 6.07) is 1.92. The summed E-state index contributed by atoms with van der Waals surface area (Å²) in [6.45, 7) is 0.303. The molecule has 1 aromatic heterocycles. The Morgan fingerprint density at radius 2 is 2.38 bits per heavy atom. The van der Waals surface area contributed by atoms with Gasteiger partial charge in [0, 0.05) is 19.0 Å². The van der Waals surface area contributed by atoms with Gasteiger partial charge in [-0.05, 0) is 0 Å². The summed E-state index contributed by atoms with van der Waals surface area (Å²) in [6.07, 6.45) is 0.236. The lowest BCUT2D eigenvalue weighted by Gasteiger charge is -2.12. The Labute approximate surface area is 95.8 Å². The third-order valence-corrected chi connectivity index (χ3v) is 2.64. The molecule has 0 unspecified atom stereocenters. The van der Waals surface area contributed by atoms with E-state index in [1.54, 1.807) is 7.05 Å². The molecule has 0 fully saturated rings. The second-order valence-corrected chi connectivity index (χ2v) is 3.84. The summed E-state index contributed by atoms with van der Waals surface area (Å²) in [5.41, 5.74) is -0.137. The van der Waals surface area contributed by atoms with Gasteiger partial charge in [0.1, 0.15) is 0 Å². The highest BCUT2D eigenvalue weighted by atomic mass is 32.1. The van der Waals surface area contributed by atoms with Crippen molar-refractivity contribution in [2.24, 2.45) is 0 Å². The van der Waals surface area contributed by atoms with Gasteiger partial charge in [-0.15, -0.1) is 11.3 Å². The second-order valence-electron chi connectivity index (χ2n) is 2.98. The molecule has 0 aliphatic carbocycles. The number of carbonyl (C=O) groups is 2. The molecule has 6 nitrogen and oxygen atoms in total. The largest absolute Gasteiger partial charge is 0.476 e. The highest BCUT2D eigenvalue weighted by Gasteiger charge is 2.17. The molecule has 7 heteroatoms. The fourth-order valence-corrected chi connectivity index (χ4v) is 1.74. The predicted molar refractivity (Wildman–Crippen MR) is 56.3 cm³/mol. The number of rotatable bonds is 4. The zero-order valence-corrected chi connectivity index (χ0v) is 9.32. The quantitative estimate of drug-likeness (QED) is 0.839. The van der Waals surface area contributed by atoms with Gasteiger partial charge in [-0.2, -0.15) is 5.26 Å². The van der Waals surface area contributed by atoms with Gasteiger partial charge in [-0.1, -0.05) is 0 Å². The molecule has 1 amide bonds.